The molecular formula is C29H25IN2O. The normalized spacial score (nSPS) is 13.4. The van der Waals surface area contributed by atoms with Crippen molar-refractivity contribution in [3.8, 4) is 5.75 Å². The zero-order valence-electron chi connectivity index (χ0n) is 18.4. The van der Waals surface area contributed by atoms with Crippen LogP contribution < -0.4 is 10.1 Å². The lowest BCUT2D eigenvalue weighted by Gasteiger charge is -2.18. The van der Waals surface area contributed by atoms with Crippen molar-refractivity contribution in [3.05, 3.63) is 111 Å². The molecule has 1 aliphatic rings. The van der Waals surface area contributed by atoms with E-state index in [4.69, 9.17) is 4.74 Å². The Morgan fingerprint density at radius 1 is 0.848 bits per heavy atom. The highest BCUT2D eigenvalue weighted by molar-refractivity contribution is 14.1. The molecule has 0 atom stereocenters. The fourth-order valence-electron chi connectivity index (χ4n) is 5.00. The first kappa shape index (κ1) is 20.8. The Morgan fingerprint density at radius 3 is 2.61 bits per heavy atom. The summed E-state index contributed by atoms with van der Waals surface area (Å²) in [6.45, 7) is 3.39. The first-order valence-corrected chi connectivity index (χ1v) is 12.5. The van der Waals surface area contributed by atoms with Crippen LogP contribution in [-0.2, 0) is 26.1 Å². The zero-order valence-corrected chi connectivity index (χ0v) is 20.5. The second-order valence-electron chi connectivity index (χ2n) is 8.64. The molecule has 0 saturated heterocycles. The molecule has 164 valence electrons. The van der Waals surface area contributed by atoms with Crippen molar-refractivity contribution in [1.29, 1.82) is 0 Å². The topological polar surface area (TPSA) is 26.2 Å². The Hall–Kier alpha value is -2.83. The van der Waals surface area contributed by atoms with Crippen LogP contribution in [0.2, 0.25) is 0 Å². The minimum absolute atomic E-state index is 0.588. The van der Waals surface area contributed by atoms with Gasteiger partial charge in [-0.05, 0) is 81.7 Å². The monoisotopic (exact) mass is 544 g/mol. The lowest BCUT2D eigenvalue weighted by Crippen LogP contribution is -2.25. The van der Waals surface area contributed by atoms with E-state index in [1.54, 1.807) is 0 Å². The first-order valence-electron chi connectivity index (χ1n) is 11.5. The van der Waals surface area contributed by atoms with Gasteiger partial charge in [0, 0.05) is 38.8 Å². The molecule has 1 aromatic heterocycles. The Bertz CT molecular complexity index is 1460. The van der Waals surface area contributed by atoms with Crippen molar-refractivity contribution in [2.75, 3.05) is 6.54 Å². The highest BCUT2D eigenvalue weighted by atomic mass is 127. The number of fused-ring (bicyclic) bond motifs is 4. The van der Waals surface area contributed by atoms with E-state index in [2.05, 4.69) is 117 Å². The van der Waals surface area contributed by atoms with Crippen LogP contribution in [0.5, 0.6) is 5.75 Å². The van der Waals surface area contributed by atoms with Gasteiger partial charge in [0.2, 0.25) is 0 Å². The van der Waals surface area contributed by atoms with Crippen LogP contribution in [0.1, 0.15) is 22.4 Å². The van der Waals surface area contributed by atoms with Gasteiger partial charge in [0.1, 0.15) is 12.4 Å². The van der Waals surface area contributed by atoms with E-state index in [0.717, 1.165) is 31.8 Å². The third-order valence-corrected chi connectivity index (χ3v) is 7.72. The number of nitrogens with one attached hydrogen (secondary N) is 1. The first-order chi connectivity index (χ1) is 16.3. The van der Waals surface area contributed by atoms with Crippen molar-refractivity contribution < 1.29 is 4.74 Å². The molecule has 3 nitrogen and oxygen atoms in total. The maximum absolute atomic E-state index is 6.23. The van der Waals surface area contributed by atoms with Crippen LogP contribution in [-0.4, -0.2) is 11.1 Å². The number of rotatable bonds is 5. The third kappa shape index (κ3) is 3.91. The van der Waals surface area contributed by atoms with Crippen molar-refractivity contribution >= 4 is 44.3 Å². The maximum Gasteiger partial charge on any atom is 0.120 e. The van der Waals surface area contributed by atoms with Crippen molar-refractivity contribution in [1.82, 2.24) is 9.88 Å². The largest absolute Gasteiger partial charge is 0.489 e. The lowest BCUT2D eigenvalue weighted by molar-refractivity contribution is 0.306. The van der Waals surface area contributed by atoms with E-state index >= 15 is 0 Å². The number of nitrogens with zero attached hydrogens (tertiary/aromatic N) is 1. The summed E-state index contributed by atoms with van der Waals surface area (Å²) >= 11 is 2.37. The molecule has 33 heavy (non-hydrogen) atoms. The summed E-state index contributed by atoms with van der Waals surface area (Å²) in [6.07, 6.45) is 1.05. The van der Waals surface area contributed by atoms with Gasteiger partial charge < -0.3 is 14.6 Å². The quantitative estimate of drug-likeness (QED) is 0.250. The molecule has 0 saturated carbocycles. The summed E-state index contributed by atoms with van der Waals surface area (Å²) in [5, 5.41) is 7.53. The van der Waals surface area contributed by atoms with Gasteiger partial charge in [-0.15, -0.1) is 0 Å². The molecule has 0 amide bonds. The number of benzene rings is 4. The third-order valence-electron chi connectivity index (χ3n) is 6.66. The van der Waals surface area contributed by atoms with Gasteiger partial charge in [0.05, 0.1) is 0 Å². The molecule has 0 unspecified atom stereocenters. The average molecular weight is 544 g/mol. The van der Waals surface area contributed by atoms with Crippen molar-refractivity contribution in [2.24, 2.45) is 0 Å². The molecule has 0 spiro atoms. The Morgan fingerprint density at radius 2 is 1.67 bits per heavy atom. The SMILES string of the molecule is Ic1ccccc1COc1ccc2c(c1)c1c(n2Cc2cccc3ccccc23)CNCC1. The molecule has 2 heterocycles. The van der Waals surface area contributed by atoms with Crippen LogP contribution in [0.4, 0.5) is 0 Å². The minimum atomic E-state index is 0.588. The van der Waals surface area contributed by atoms with E-state index in [1.807, 2.05) is 0 Å². The maximum atomic E-state index is 6.23. The summed E-state index contributed by atoms with van der Waals surface area (Å²) in [4.78, 5) is 0. The van der Waals surface area contributed by atoms with Gasteiger partial charge in [0.25, 0.3) is 0 Å². The lowest BCUT2D eigenvalue weighted by atomic mass is 10.0. The van der Waals surface area contributed by atoms with Gasteiger partial charge in [-0.25, -0.2) is 0 Å². The predicted octanol–water partition coefficient (Wildman–Crippen LogP) is 6.67. The summed E-state index contributed by atoms with van der Waals surface area (Å²) in [7, 11) is 0. The molecule has 5 aromatic rings. The van der Waals surface area contributed by atoms with Gasteiger partial charge >= 0.3 is 0 Å². The summed E-state index contributed by atoms with van der Waals surface area (Å²) in [5.41, 5.74) is 6.73. The molecule has 0 radical (unpaired) electrons. The van der Waals surface area contributed by atoms with Gasteiger partial charge in [-0.2, -0.15) is 0 Å². The molecule has 1 aliphatic heterocycles. The molecule has 4 aromatic carbocycles. The van der Waals surface area contributed by atoms with Crippen LogP contribution in [0.3, 0.4) is 0 Å². The summed E-state index contributed by atoms with van der Waals surface area (Å²) < 4.78 is 9.97. The van der Waals surface area contributed by atoms with E-state index < -0.39 is 0 Å². The number of ether oxygens (including phenoxy) is 1. The number of hydrogen-bond acceptors (Lipinski definition) is 2. The zero-order chi connectivity index (χ0) is 22.2. The second-order valence-corrected chi connectivity index (χ2v) is 9.80. The van der Waals surface area contributed by atoms with E-state index in [-0.39, 0.29) is 0 Å². The highest BCUT2D eigenvalue weighted by Crippen LogP contribution is 2.33. The number of aromatic nitrogens is 1. The van der Waals surface area contributed by atoms with Crippen LogP contribution in [0, 0.1) is 3.57 Å². The average Bonchev–Trinajstić information content (AvgIpc) is 3.17. The molecule has 0 aliphatic carbocycles. The van der Waals surface area contributed by atoms with E-state index in [1.165, 1.54) is 47.6 Å². The smallest absolute Gasteiger partial charge is 0.120 e. The minimum Gasteiger partial charge on any atom is -0.489 e. The Kier molecular flexibility index (Phi) is 5.56. The van der Waals surface area contributed by atoms with E-state index in [9.17, 15) is 0 Å². The van der Waals surface area contributed by atoms with Crippen LogP contribution >= 0.6 is 22.6 Å². The molecular weight excluding hydrogens is 519 g/mol. The Labute approximate surface area is 207 Å². The predicted molar refractivity (Wildman–Crippen MR) is 144 cm³/mol. The van der Waals surface area contributed by atoms with Crippen LogP contribution in [0.15, 0.2) is 84.9 Å². The van der Waals surface area contributed by atoms with Gasteiger partial charge in [-0.1, -0.05) is 60.7 Å². The van der Waals surface area contributed by atoms with Gasteiger partial charge in [-0.3, -0.25) is 0 Å². The fraction of sp³-hybridized carbons (Fsp3) is 0.172. The van der Waals surface area contributed by atoms with Crippen molar-refractivity contribution in [3.63, 3.8) is 0 Å². The molecule has 4 heteroatoms. The fourth-order valence-corrected chi connectivity index (χ4v) is 5.55. The molecule has 6 rings (SSSR count). The second kappa shape index (κ2) is 8.84. The molecule has 0 fully saturated rings. The van der Waals surface area contributed by atoms with E-state index in [0.29, 0.717) is 6.61 Å². The molecule has 0 bridgehead atoms. The summed E-state index contributed by atoms with van der Waals surface area (Å²) in [6, 6.07) is 30.3. The van der Waals surface area contributed by atoms with Crippen molar-refractivity contribution in [2.45, 2.75) is 26.1 Å². The summed E-state index contributed by atoms with van der Waals surface area (Å²) in [5.74, 6) is 0.936. The highest BCUT2D eigenvalue weighted by Gasteiger charge is 2.21. The Balaban J connectivity index is 1.39. The van der Waals surface area contributed by atoms with Gasteiger partial charge in [0.15, 0.2) is 0 Å². The van der Waals surface area contributed by atoms with Crippen LogP contribution in [0.25, 0.3) is 21.7 Å². The standard InChI is InChI=1S/C29H25IN2O/c30-27-11-4-2-7-22(27)19-33-23-12-13-28-26(16-23)25-14-15-31-17-29(25)32(28)18-21-9-5-8-20-6-1-3-10-24(20)21/h1-13,16,31H,14-15,17-19H2. The number of hydrogen-bond donors (Lipinski definition) is 1. The number of halogens is 1. The molecule has 1 N–H and O–H groups in total.